The molecule has 140 valence electrons. The molecule has 1 N–H and O–H groups in total. The maximum absolute atomic E-state index is 12.6. The Bertz CT molecular complexity index is 813. The summed E-state index contributed by atoms with van der Waals surface area (Å²) < 4.78 is 15.9. The number of amides is 1. The van der Waals surface area contributed by atoms with Gasteiger partial charge < -0.3 is 19.5 Å². The fraction of sp³-hybridized carbons (Fsp3) is 0.368. The molecule has 0 radical (unpaired) electrons. The van der Waals surface area contributed by atoms with E-state index in [4.69, 9.17) is 14.2 Å². The second kappa shape index (κ2) is 8.71. The molecule has 26 heavy (non-hydrogen) atoms. The van der Waals surface area contributed by atoms with Crippen LogP contribution >= 0.6 is 11.3 Å². The average Bonchev–Trinajstić information content (AvgIpc) is 2.96. The van der Waals surface area contributed by atoms with Crippen molar-refractivity contribution in [2.45, 2.75) is 27.2 Å². The van der Waals surface area contributed by atoms with E-state index >= 15 is 0 Å². The molecule has 1 heterocycles. The van der Waals surface area contributed by atoms with Crippen molar-refractivity contribution in [1.29, 1.82) is 0 Å². The number of hydrogen-bond acceptors (Lipinski definition) is 6. The molecule has 1 amide bonds. The molecule has 0 saturated heterocycles. The van der Waals surface area contributed by atoms with Crippen LogP contribution in [0.5, 0.6) is 11.5 Å². The standard InChI is InChI=1S/C19H23NO5S/c1-6-15(21)20-18-17(19(22)25-7-2)16(11(3)26-18)12-8-9-13(23-4)14(10-12)24-5/h8-10H,6-7H2,1-5H3,(H,20,21). The number of carbonyl (C=O) groups excluding carboxylic acids is 2. The predicted molar refractivity (Wildman–Crippen MR) is 102 cm³/mol. The van der Waals surface area contributed by atoms with E-state index in [9.17, 15) is 9.59 Å². The zero-order chi connectivity index (χ0) is 19.3. The monoisotopic (exact) mass is 377 g/mol. The van der Waals surface area contributed by atoms with Crippen molar-refractivity contribution in [2.75, 3.05) is 26.1 Å². The van der Waals surface area contributed by atoms with E-state index in [-0.39, 0.29) is 12.5 Å². The Labute approximate surface area is 157 Å². The van der Waals surface area contributed by atoms with Crippen molar-refractivity contribution in [1.82, 2.24) is 0 Å². The average molecular weight is 377 g/mol. The number of hydrogen-bond donors (Lipinski definition) is 1. The second-order valence-corrected chi connectivity index (χ2v) is 6.65. The molecule has 2 rings (SSSR count). The molecule has 2 aromatic rings. The van der Waals surface area contributed by atoms with Crippen molar-refractivity contribution in [2.24, 2.45) is 0 Å². The summed E-state index contributed by atoms with van der Waals surface area (Å²) in [5.41, 5.74) is 1.88. The number of nitrogens with one attached hydrogen (secondary N) is 1. The van der Waals surface area contributed by atoms with E-state index in [1.165, 1.54) is 11.3 Å². The van der Waals surface area contributed by atoms with Gasteiger partial charge in [-0.05, 0) is 31.5 Å². The van der Waals surface area contributed by atoms with Crippen LogP contribution in [-0.4, -0.2) is 32.7 Å². The minimum absolute atomic E-state index is 0.157. The van der Waals surface area contributed by atoms with Crippen LogP contribution in [-0.2, 0) is 9.53 Å². The van der Waals surface area contributed by atoms with Gasteiger partial charge >= 0.3 is 5.97 Å². The molecule has 1 aromatic carbocycles. The SMILES string of the molecule is CCOC(=O)c1c(NC(=O)CC)sc(C)c1-c1ccc(OC)c(OC)c1. The molecule has 0 unspecified atom stereocenters. The molecule has 0 aliphatic heterocycles. The summed E-state index contributed by atoms with van der Waals surface area (Å²) >= 11 is 1.35. The molecule has 0 bridgehead atoms. The maximum atomic E-state index is 12.6. The molecule has 0 atom stereocenters. The summed E-state index contributed by atoms with van der Waals surface area (Å²) in [7, 11) is 3.12. The highest BCUT2D eigenvalue weighted by atomic mass is 32.1. The fourth-order valence-corrected chi connectivity index (χ4v) is 3.67. The van der Waals surface area contributed by atoms with E-state index < -0.39 is 5.97 Å². The zero-order valence-corrected chi connectivity index (χ0v) is 16.4. The van der Waals surface area contributed by atoms with Crippen LogP contribution in [0, 0.1) is 6.92 Å². The molecule has 0 saturated carbocycles. The Morgan fingerprint density at radius 1 is 1.12 bits per heavy atom. The Kier molecular flexibility index (Phi) is 6.63. The number of carbonyl (C=O) groups is 2. The van der Waals surface area contributed by atoms with Gasteiger partial charge in [-0.2, -0.15) is 0 Å². The van der Waals surface area contributed by atoms with Gasteiger partial charge in [-0.25, -0.2) is 4.79 Å². The first-order chi connectivity index (χ1) is 12.5. The molecule has 0 spiro atoms. The lowest BCUT2D eigenvalue weighted by atomic mass is 10.0. The number of ether oxygens (including phenoxy) is 3. The summed E-state index contributed by atoms with van der Waals surface area (Å²) in [5, 5.41) is 3.30. The van der Waals surface area contributed by atoms with Crippen molar-refractivity contribution in [3.8, 4) is 22.6 Å². The van der Waals surface area contributed by atoms with Crippen LogP contribution in [0.25, 0.3) is 11.1 Å². The summed E-state index contributed by atoms with van der Waals surface area (Å²) in [6.07, 6.45) is 0.324. The van der Waals surface area contributed by atoms with Crippen LogP contribution in [0.4, 0.5) is 5.00 Å². The number of methoxy groups -OCH3 is 2. The number of benzene rings is 1. The van der Waals surface area contributed by atoms with E-state index in [0.717, 1.165) is 16.0 Å². The summed E-state index contributed by atoms with van der Waals surface area (Å²) in [6, 6.07) is 5.44. The van der Waals surface area contributed by atoms with Gasteiger partial charge in [-0.3, -0.25) is 4.79 Å². The molecular formula is C19H23NO5S. The van der Waals surface area contributed by atoms with Crippen molar-refractivity contribution in [3.63, 3.8) is 0 Å². The van der Waals surface area contributed by atoms with Gasteiger partial charge in [0.2, 0.25) is 5.91 Å². The third-order valence-electron chi connectivity index (χ3n) is 3.81. The highest BCUT2D eigenvalue weighted by molar-refractivity contribution is 7.17. The first kappa shape index (κ1) is 19.8. The fourth-order valence-electron chi connectivity index (χ4n) is 2.59. The van der Waals surface area contributed by atoms with Crippen LogP contribution < -0.4 is 14.8 Å². The van der Waals surface area contributed by atoms with Crippen molar-refractivity contribution >= 4 is 28.2 Å². The Balaban J connectivity index is 2.63. The summed E-state index contributed by atoms with van der Waals surface area (Å²) in [4.78, 5) is 25.4. The molecular weight excluding hydrogens is 354 g/mol. The summed E-state index contributed by atoms with van der Waals surface area (Å²) in [6.45, 7) is 5.66. The molecule has 6 nitrogen and oxygen atoms in total. The number of esters is 1. The van der Waals surface area contributed by atoms with E-state index in [1.54, 1.807) is 34.1 Å². The van der Waals surface area contributed by atoms with E-state index in [2.05, 4.69) is 5.32 Å². The number of anilines is 1. The minimum Gasteiger partial charge on any atom is -0.493 e. The quantitative estimate of drug-likeness (QED) is 0.730. The minimum atomic E-state index is -0.465. The van der Waals surface area contributed by atoms with Gasteiger partial charge in [0.1, 0.15) is 10.6 Å². The first-order valence-corrected chi connectivity index (χ1v) is 9.11. The smallest absolute Gasteiger partial charge is 0.341 e. The highest BCUT2D eigenvalue weighted by Gasteiger charge is 2.25. The van der Waals surface area contributed by atoms with Gasteiger partial charge in [-0.1, -0.05) is 13.0 Å². The van der Waals surface area contributed by atoms with Crippen molar-refractivity contribution < 1.29 is 23.8 Å². The molecule has 7 heteroatoms. The predicted octanol–water partition coefficient (Wildman–Crippen LogP) is 4.27. The number of rotatable bonds is 7. The topological polar surface area (TPSA) is 73.9 Å². The van der Waals surface area contributed by atoms with Crippen molar-refractivity contribution in [3.05, 3.63) is 28.6 Å². The van der Waals surface area contributed by atoms with E-state index in [0.29, 0.717) is 28.5 Å². The number of aryl methyl sites for hydroxylation is 1. The van der Waals surface area contributed by atoms with Gasteiger partial charge in [0.15, 0.2) is 11.5 Å². The molecule has 1 aromatic heterocycles. The van der Waals surface area contributed by atoms with Gasteiger partial charge in [0.05, 0.1) is 20.8 Å². The lowest BCUT2D eigenvalue weighted by molar-refractivity contribution is -0.115. The van der Waals surface area contributed by atoms with Gasteiger partial charge in [-0.15, -0.1) is 11.3 Å². The lowest BCUT2D eigenvalue weighted by Crippen LogP contribution is -2.13. The Hall–Kier alpha value is -2.54. The highest BCUT2D eigenvalue weighted by Crippen LogP contribution is 2.42. The molecule has 0 fully saturated rings. The first-order valence-electron chi connectivity index (χ1n) is 8.29. The third kappa shape index (κ3) is 3.99. The second-order valence-electron chi connectivity index (χ2n) is 5.43. The largest absolute Gasteiger partial charge is 0.493 e. The zero-order valence-electron chi connectivity index (χ0n) is 15.6. The molecule has 0 aliphatic carbocycles. The van der Waals surface area contributed by atoms with E-state index in [1.807, 2.05) is 19.1 Å². The molecule has 0 aliphatic rings. The number of thiophene rings is 1. The van der Waals surface area contributed by atoms with Gasteiger partial charge in [0.25, 0.3) is 0 Å². The van der Waals surface area contributed by atoms with Crippen LogP contribution in [0.3, 0.4) is 0 Å². The Morgan fingerprint density at radius 2 is 1.81 bits per heavy atom. The van der Waals surface area contributed by atoms with Crippen LogP contribution in [0.2, 0.25) is 0 Å². The maximum Gasteiger partial charge on any atom is 0.341 e. The van der Waals surface area contributed by atoms with Crippen LogP contribution in [0.15, 0.2) is 18.2 Å². The van der Waals surface area contributed by atoms with Gasteiger partial charge in [0, 0.05) is 16.9 Å². The lowest BCUT2D eigenvalue weighted by Gasteiger charge is -2.12. The normalized spacial score (nSPS) is 10.3. The third-order valence-corrected chi connectivity index (χ3v) is 4.83. The Morgan fingerprint density at radius 3 is 2.38 bits per heavy atom. The van der Waals surface area contributed by atoms with Crippen LogP contribution in [0.1, 0.15) is 35.5 Å². The summed E-state index contributed by atoms with van der Waals surface area (Å²) in [5.74, 6) is 0.537.